The van der Waals surface area contributed by atoms with Gasteiger partial charge in [0.25, 0.3) is 5.91 Å². The van der Waals surface area contributed by atoms with Gasteiger partial charge in [-0.25, -0.2) is 0 Å². The van der Waals surface area contributed by atoms with Crippen molar-refractivity contribution in [2.75, 3.05) is 18.8 Å². The first-order chi connectivity index (χ1) is 8.24. The zero-order chi connectivity index (χ0) is 13.9. The molecule has 0 spiro atoms. The second-order valence-corrected chi connectivity index (χ2v) is 5.22. The quantitative estimate of drug-likeness (QED) is 0.801. The molecular formula is C14H22N2O2. The second-order valence-electron chi connectivity index (χ2n) is 5.22. The summed E-state index contributed by atoms with van der Waals surface area (Å²) in [7, 11) is 0. The van der Waals surface area contributed by atoms with Crippen LogP contribution in [0.2, 0.25) is 0 Å². The molecule has 0 bridgehead atoms. The molecule has 0 aliphatic carbocycles. The standard InChI is InChI=1S/C14H22N2O2/c1-5-16(9-14(3,4)18)13(17)11-7-6-10(2)8-12(11)15/h6-8,18H,5,9,15H2,1-4H3. The predicted molar refractivity (Wildman–Crippen MR) is 73.5 cm³/mol. The van der Waals surface area contributed by atoms with E-state index in [0.29, 0.717) is 17.8 Å². The third-order valence-electron chi connectivity index (χ3n) is 2.68. The van der Waals surface area contributed by atoms with Gasteiger partial charge in [-0.3, -0.25) is 4.79 Å². The maximum absolute atomic E-state index is 12.3. The summed E-state index contributed by atoms with van der Waals surface area (Å²) < 4.78 is 0. The number of hydrogen-bond donors (Lipinski definition) is 2. The number of benzene rings is 1. The number of aliphatic hydroxyl groups is 1. The molecule has 1 aromatic carbocycles. The first-order valence-corrected chi connectivity index (χ1v) is 6.12. The summed E-state index contributed by atoms with van der Waals surface area (Å²) in [5, 5.41) is 9.80. The Morgan fingerprint density at radius 2 is 2.06 bits per heavy atom. The number of anilines is 1. The maximum Gasteiger partial charge on any atom is 0.256 e. The lowest BCUT2D eigenvalue weighted by atomic mass is 10.1. The van der Waals surface area contributed by atoms with E-state index in [1.54, 1.807) is 30.9 Å². The van der Waals surface area contributed by atoms with Crippen molar-refractivity contribution in [3.8, 4) is 0 Å². The van der Waals surface area contributed by atoms with Crippen molar-refractivity contribution < 1.29 is 9.90 Å². The molecule has 1 amide bonds. The summed E-state index contributed by atoms with van der Waals surface area (Å²) >= 11 is 0. The molecule has 0 aromatic heterocycles. The van der Waals surface area contributed by atoms with Crippen LogP contribution < -0.4 is 5.73 Å². The van der Waals surface area contributed by atoms with E-state index < -0.39 is 5.60 Å². The van der Waals surface area contributed by atoms with Gasteiger partial charge >= 0.3 is 0 Å². The zero-order valence-electron chi connectivity index (χ0n) is 11.5. The Hall–Kier alpha value is -1.55. The fourth-order valence-electron chi connectivity index (χ4n) is 1.84. The van der Waals surface area contributed by atoms with Crippen molar-refractivity contribution in [3.05, 3.63) is 29.3 Å². The van der Waals surface area contributed by atoms with Gasteiger partial charge in [0.1, 0.15) is 0 Å². The first-order valence-electron chi connectivity index (χ1n) is 6.12. The number of carbonyl (C=O) groups is 1. The van der Waals surface area contributed by atoms with E-state index in [1.807, 2.05) is 19.9 Å². The van der Waals surface area contributed by atoms with Crippen molar-refractivity contribution in [2.24, 2.45) is 0 Å². The third kappa shape index (κ3) is 3.74. The highest BCUT2D eigenvalue weighted by Gasteiger charge is 2.23. The van der Waals surface area contributed by atoms with Crippen molar-refractivity contribution in [1.29, 1.82) is 0 Å². The Kier molecular flexibility index (Phi) is 4.35. The molecule has 1 rings (SSSR count). The summed E-state index contributed by atoms with van der Waals surface area (Å²) in [5.74, 6) is -0.142. The first kappa shape index (κ1) is 14.5. The van der Waals surface area contributed by atoms with Crippen molar-refractivity contribution in [2.45, 2.75) is 33.3 Å². The van der Waals surface area contributed by atoms with E-state index in [4.69, 9.17) is 5.73 Å². The molecule has 1 aromatic rings. The molecular weight excluding hydrogens is 228 g/mol. The molecule has 0 unspecified atom stereocenters. The van der Waals surface area contributed by atoms with Crippen LogP contribution in [0, 0.1) is 6.92 Å². The fraction of sp³-hybridized carbons (Fsp3) is 0.500. The van der Waals surface area contributed by atoms with Gasteiger partial charge in [-0.2, -0.15) is 0 Å². The van der Waals surface area contributed by atoms with E-state index in [1.165, 1.54) is 0 Å². The summed E-state index contributed by atoms with van der Waals surface area (Å²) in [6.07, 6.45) is 0. The minimum Gasteiger partial charge on any atom is -0.398 e. The van der Waals surface area contributed by atoms with Gasteiger partial charge in [0.2, 0.25) is 0 Å². The van der Waals surface area contributed by atoms with Crippen LogP contribution >= 0.6 is 0 Å². The monoisotopic (exact) mass is 250 g/mol. The molecule has 3 N–H and O–H groups in total. The zero-order valence-corrected chi connectivity index (χ0v) is 11.5. The average Bonchev–Trinajstić information content (AvgIpc) is 2.24. The number of nitrogens with two attached hydrogens (primary N) is 1. The summed E-state index contributed by atoms with van der Waals surface area (Å²) in [6, 6.07) is 5.38. The van der Waals surface area contributed by atoms with Crippen LogP contribution in [0.3, 0.4) is 0 Å². The fourth-order valence-corrected chi connectivity index (χ4v) is 1.84. The molecule has 4 nitrogen and oxygen atoms in total. The van der Waals surface area contributed by atoms with Crippen LogP contribution in [-0.2, 0) is 0 Å². The Bertz CT molecular complexity index is 436. The Morgan fingerprint density at radius 1 is 1.44 bits per heavy atom. The van der Waals surface area contributed by atoms with Gasteiger partial charge in [0.15, 0.2) is 0 Å². The van der Waals surface area contributed by atoms with Crippen LogP contribution in [0.25, 0.3) is 0 Å². The molecule has 0 saturated carbocycles. The molecule has 0 heterocycles. The number of nitrogens with zero attached hydrogens (tertiary/aromatic N) is 1. The Balaban J connectivity index is 2.97. The topological polar surface area (TPSA) is 66.6 Å². The van der Waals surface area contributed by atoms with Crippen LogP contribution in [0.4, 0.5) is 5.69 Å². The second kappa shape index (κ2) is 5.40. The Labute approximate surface area is 108 Å². The summed E-state index contributed by atoms with van der Waals surface area (Å²) in [4.78, 5) is 13.9. The van der Waals surface area contributed by atoms with Gasteiger partial charge in [0.05, 0.1) is 11.2 Å². The number of carbonyl (C=O) groups excluding carboxylic acids is 1. The summed E-state index contributed by atoms with van der Waals surface area (Å²) in [5.41, 5.74) is 6.95. The predicted octanol–water partition coefficient (Wildman–Crippen LogP) is 1.81. The molecule has 0 saturated heterocycles. The smallest absolute Gasteiger partial charge is 0.256 e. The minimum absolute atomic E-state index is 0.142. The molecule has 4 heteroatoms. The van der Waals surface area contributed by atoms with Crippen molar-refractivity contribution >= 4 is 11.6 Å². The highest BCUT2D eigenvalue weighted by atomic mass is 16.3. The van der Waals surface area contributed by atoms with E-state index in [-0.39, 0.29) is 12.5 Å². The van der Waals surface area contributed by atoms with Crippen molar-refractivity contribution in [3.63, 3.8) is 0 Å². The Morgan fingerprint density at radius 3 is 2.50 bits per heavy atom. The molecule has 0 radical (unpaired) electrons. The van der Waals surface area contributed by atoms with Gasteiger partial charge in [-0.05, 0) is 45.4 Å². The van der Waals surface area contributed by atoms with Gasteiger partial charge in [-0.1, -0.05) is 6.07 Å². The number of rotatable bonds is 4. The van der Waals surface area contributed by atoms with Crippen LogP contribution in [0.15, 0.2) is 18.2 Å². The molecule has 0 atom stereocenters. The lowest BCUT2D eigenvalue weighted by Crippen LogP contribution is -2.42. The van der Waals surface area contributed by atoms with E-state index in [0.717, 1.165) is 5.56 Å². The minimum atomic E-state index is -0.912. The maximum atomic E-state index is 12.3. The normalized spacial score (nSPS) is 11.4. The molecule has 0 fully saturated rings. The van der Waals surface area contributed by atoms with Crippen molar-refractivity contribution in [1.82, 2.24) is 4.90 Å². The average molecular weight is 250 g/mol. The van der Waals surface area contributed by atoms with Gasteiger partial charge in [-0.15, -0.1) is 0 Å². The van der Waals surface area contributed by atoms with Crippen LogP contribution in [0.1, 0.15) is 36.7 Å². The number of likely N-dealkylation sites (N-methyl/N-ethyl adjacent to an activating group) is 1. The summed E-state index contributed by atoms with van der Waals surface area (Å²) in [6.45, 7) is 8.00. The number of aryl methyl sites for hydroxylation is 1. The van der Waals surface area contributed by atoms with Crippen LogP contribution in [-0.4, -0.2) is 34.6 Å². The highest BCUT2D eigenvalue weighted by molar-refractivity contribution is 5.99. The number of amides is 1. The van der Waals surface area contributed by atoms with Gasteiger partial charge in [0, 0.05) is 18.8 Å². The number of hydrogen-bond acceptors (Lipinski definition) is 3. The molecule has 100 valence electrons. The largest absolute Gasteiger partial charge is 0.398 e. The molecule has 18 heavy (non-hydrogen) atoms. The lowest BCUT2D eigenvalue weighted by Gasteiger charge is -2.28. The molecule has 0 aliphatic rings. The lowest BCUT2D eigenvalue weighted by molar-refractivity contribution is 0.0315. The number of nitrogen functional groups attached to an aromatic ring is 1. The van der Waals surface area contributed by atoms with Gasteiger partial charge < -0.3 is 15.7 Å². The van der Waals surface area contributed by atoms with Crippen LogP contribution in [0.5, 0.6) is 0 Å². The molecule has 0 aliphatic heterocycles. The van der Waals surface area contributed by atoms with E-state index in [9.17, 15) is 9.90 Å². The SMILES string of the molecule is CCN(CC(C)(C)O)C(=O)c1ccc(C)cc1N. The third-order valence-corrected chi connectivity index (χ3v) is 2.68. The van der Waals surface area contributed by atoms with E-state index >= 15 is 0 Å². The van der Waals surface area contributed by atoms with E-state index in [2.05, 4.69) is 0 Å². The highest BCUT2D eigenvalue weighted by Crippen LogP contribution is 2.17.